The van der Waals surface area contributed by atoms with Crippen molar-refractivity contribution in [1.29, 1.82) is 0 Å². The zero-order valence-corrected chi connectivity index (χ0v) is 13.7. The molecule has 3 N–H and O–H groups in total. The average molecular weight is 373 g/mol. The van der Waals surface area contributed by atoms with Crippen LogP contribution in [0.15, 0.2) is 48.5 Å². The lowest BCUT2D eigenvalue weighted by Gasteiger charge is -2.11. The molecule has 0 bridgehead atoms. The van der Waals surface area contributed by atoms with Gasteiger partial charge in [0.15, 0.2) is 0 Å². The van der Waals surface area contributed by atoms with Crippen molar-refractivity contribution in [2.45, 2.75) is 12.3 Å². The number of hydrogen-bond acceptors (Lipinski definition) is 3. The SMILES string of the molecule is O=C(Nc1cccc(C(F)(F)F)c1)c1ccc(NCC(O)CCl)cc1. The Kier molecular flexibility index (Phi) is 6.27. The van der Waals surface area contributed by atoms with Crippen LogP contribution in [0.4, 0.5) is 24.5 Å². The van der Waals surface area contributed by atoms with E-state index in [1.165, 1.54) is 24.3 Å². The van der Waals surface area contributed by atoms with E-state index in [1.807, 2.05) is 0 Å². The molecule has 2 rings (SSSR count). The second-order valence-electron chi connectivity index (χ2n) is 5.30. The molecule has 0 radical (unpaired) electrons. The highest BCUT2D eigenvalue weighted by Crippen LogP contribution is 2.30. The molecule has 0 aromatic heterocycles. The Morgan fingerprint density at radius 2 is 1.80 bits per heavy atom. The van der Waals surface area contributed by atoms with Crippen LogP contribution < -0.4 is 10.6 Å². The van der Waals surface area contributed by atoms with Crippen LogP contribution in [0.1, 0.15) is 15.9 Å². The standard InChI is InChI=1S/C17H16ClF3N2O2/c18-9-15(24)10-22-13-6-4-11(5-7-13)16(25)23-14-3-1-2-12(8-14)17(19,20)21/h1-8,15,22,24H,9-10H2,(H,23,25). The Balaban J connectivity index is 2.01. The number of nitrogens with one attached hydrogen (secondary N) is 2. The molecule has 0 saturated heterocycles. The largest absolute Gasteiger partial charge is 0.416 e. The Bertz CT molecular complexity index is 721. The van der Waals surface area contributed by atoms with Crippen molar-refractivity contribution in [3.05, 3.63) is 59.7 Å². The molecule has 0 aliphatic carbocycles. The molecular weight excluding hydrogens is 357 g/mol. The quantitative estimate of drug-likeness (QED) is 0.672. The molecule has 0 heterocycles. The van der Waals surface area contributed by atoms with Crippen molar-refractivity contribution in [1.82, 2.24) is 0 Å². The number of aliphatic hydroxyl groups excluding tert-OH is 1. The highest BCUT2D eigenvalue weighted by molar-refractivity contribution is 6.18. The first-order valence-electron chi connectivity index (χ1n) is 7.36. The molecule has 1 unspecified atom stereocenters. The summed E-state index contributed by atoms with van der Waals surface area (Å²) in [6.07, 6.45) is -5.16. The summed E-state index contributed by atoms with van der Waals surface area (Å²) in [4.78, 5) is 12.1. The molecule has 2 aromatic carbocycles. The maximum Gasteiger partial charge on any atom is 0.416 e. The maximum atomic E-state index is 12.7. The van der Waals surface area contributed by atoms with Gasteiger partial charge in [0.25, 0.3) is 5.91 Å². The van der Waals surface area contributed by atoms with Gasteiger partial charge in [0.05, 0.1) is 17.5 Å². The van der Waals surface area contributed by atoms with Crippen molar-refractivity contribution < 1.29 is 23.1 Å². The molecule has 0 aliphatic rings. The number of alkyl halides is 4. The Labute approximate surface area is 147 Å². The second kappa shape index (κ2) is 8.22. The first-order valence-corrected chi connectivity index (χ1v) is 7.89. The van der Waals surface area contributed by atoms with Gasteiger partial charge in [-0.2, -0.15) is 13.2 Å². The van der Waals surface area contributed by atoms with Gasteiger partial charge in [0, 0.05) is 23.5 Å². The predicted molar refractivity (Wildman–Crippen MR) is 91.1 cm³/mol. The smallest absolute Gasteiger partial charge is 0.390 e. The number of rotatable bonds is 6. The summed E-state index contributed by atoms with van der Waals surface area (Å²) in [5.74, 6) is -0.420. The second-order valence-corrected chi connectivity index (χ2v) is 5.61. The van der Waals surface area contributed by atoms with Crippen LogP contribution in [0.2, 0.25) is 0 Å². The molecule has 0 spiro atoms. The molecule has 25 heavy (non-hydrogen) atoms. The monoisotopic (exact) mass is 372 g/mol. The number of hydrogen-bond donors (Lipinski definition) is 3. The summed E-state index contributed by atoms with van der Waals surface area (Å²) in [5.41, 5.74) is 0.204. The van der Waals surface area contributed by atoms with E-state index in [0.717, 1.165) is 12.1 Å². The van der Waals surface area contributed by atoms with Crippen LogP contribution in [-0.2, 0) is 6.18 Å². The zero-order chi connectivity index (χ0) is 18.4. The fraction of sp³-hybridized carbons (Fsp3) is 0.235. The normalized spacial score (nSPS) is 12.5. The summed E-state index contributed by atoms with van der Waals surface area (Å²) < 4.78 is 38.0. The molecule has 0 fully saturated rings. The summed E-state index contributed by atoms with van der Waals surface area (Å²) in [6.45, 7) is 0.263. The summed E-state index contributed by atoms with van der Waals surface area (Å²) >= 11 is 5.49. The zero-order valence-electron chi connectivity index (χ0n) is 13.0. The number of carbonyl (C=O) groups is 1. The summed E-state index contributed by atoms with van der Waals surface area (Å²) in [7, 11) is 0. The summed E-state index contributed by atoms with van der Waals surface area (Å²) in [6, 6.07) is 10.7. The van der Waals surface area contributed by atoms with E-state index in [1.54, 1.807) is 12.1 Å². The van der Waals surface area contributed by atoms with Crippen LogP contribution >= 0.6 is 11.6 Å². The fourth-order valence-corrected chi connectivity index (χ4v) is 2.12. The van der Waals surface area contributed by atoms with Crippen LogP contribution in [0.3, 0.4) is 0 Å². The van der Waals surface area contributed by atoms with Gasteiger partial charge in [0.2, 0.25) is 0 Å². The number of aliphatic hydroxyl groups is 1. The fourth-order valence-electron chi connectivity index (χ4n) is 2.01. The first kappa shape index (κ1) is 19.1. The molecule has 134 valence electrons. The van der Waals surface area contributed by atoms with Gasteiger partial charge < -0.3 is 15.7 Å². The topological polar surface area (TPSA) is 61.4 Å². The van der Waals surface area contributed by atoms with Gasteiger partial charge in [0.1, 0.15) is 0 Å². The predicted octanol–water partition coefficient (Wildman–Crippen LogP) is 3.97. The van der Waals surface area contributed by atoms with E-state index in [2.05, 4.69) is 10.6 Å². The number of halogens is 4. The van der Waals surface area contributed by atoms with Crippen molar-refractivity contribution >= 4 is 28.9 Å². The number of amides is 1. The molecule has 8 heteroatoms. The van der Waals surface area contributed by atoms with Gasteiger partial charge in [-0.25, -0.2) is 0 Å². The average Bonchev–Trinajstić information content (AvgIpc) is 2.59. The third kappa shape index (κ3) is 5.65. The van der Waals surface area contributed by atoms with Crippen molar-refractivity contribution in [3.8, 4) is 0 Å². The van der Waals surface area contributed by atoms with E-state index >= 15 is 0 Å². The lowest BCUT2D eigenvalue weighted by molar-refractivity contribution is -0.137. The third-order valence-corrected chi connectivity index (χ3v) is 3.67. The first-order chi connectivity index (χ1) is 11.8. The summed E-state index contributed by atoms with van der Waals surface area (Å²) in [5, 5.41) is 14.7. The maximum absolute atomic E-state index is 12.7. The number of anilines is 2. The highest BCUT2D eigenvalue weighted by atomic mass is 35.5. The van der Waals surface area contributed by atoms with Crippen LogP contribution in [0, 0.1) is 0 Å². The van der Waals surface area contributed by atoms with Gasteiger partial charge in [-0.3, -0.25) is 4.79 Å². The van der Waals surface area contributed by atoms with Gasteiger partial charge >= 0.3 is 6.18 Å². The van der Waals surface area contributed by atoms with E-state index in [4.69, 9.17) is 11.6 Å². The number of benzene rings is 2. The molecule has 0 saturated carbocycles. The van der Waals surface area contributed by atoms with Crippen molar-refractivity contribution in [3.63, 3.8) is 0 Å². The van der Waals surface area contributed by atoms with Crippen molar-refractivity contribution in [2.75, 3.05) is 23.1 Å². The van der Waals surface area contributed by atoms with E-state index in [0.29, 0.717) is 11.3 Å². The minimum absolute atomic E-state index is 0.0623. The Morgan fingerprint density at radius 1 is 1.12 bits per heavy atom. The van der Waals surface area contributed by atoms with Crippen LogP contribution in [-0.4, -0.2) is 29.5 Å². The molecule has 1 atom stereocenters. The molecule has 4 nitrogen and oxygen atoms in total. The third-order valence-electron chi connectivity index (χ3n) is 3.31. The van der Waals surface area contributed by atoms with E-state index in [9.17, 15) is 23.1 Å². The van der Waals surface area contributed by atoms with Gasteiger partial charge in [-0.05, 0) is 42.5 Å². The highest BCUT2D eigenvalue weighted by Gasteiger charge is 2.30. The van der Waals surface area contributed by atoms with Crippen molar-refractivity contribution in [2.24, 2.45) is 0 Å². The van der Waals surface area contributed by atoms with Crippen LogP contribution in [0.25, 0.3) is 0 Å². The van der Waals surface area contributed by atoms with Crippen LogP contribution in [0.5, 0.6) is 0 Å². The molecule has 0 aliphatic heterocycles. The van der Waals surface area contributed by atoms with E-state index in [-0.39, 0.29) is 18.1 Å². The number of carbonyl (C=O) groups excluding carboxylic acids is 1. The van der Waals surface area contributed by atoms with Gasteiger partial charge in [-0.1, -0.05) is 6.07 Å². The lowest BCUT2D eigenvalue weighted by Crippen LogP contribution is -2.20. The molecular formula is C17H16ClF3N2O2. The Hall–Kier alpha value is -2.25. The van der Waals surface area contributed by atoms with E-state index < -0.39 is 23.8 Å². The Morgan fingerprint density at radius 3 is 2.40 bits per heavy atom. The molecule has 1 amide bonds. The minimum atomic E-state index is -4.47. The van der Waals surface area contributed by atoms with Gasteiger partial charge in [-0.15, -0.1) is 11.6 Å². The lowest BCUT2D eigenvalue weighted by atomic mass is 10.1. The minimum Gasteiger partial charge on any atom is -0.390 e. The molecule has 2 aromatic rings.